The van der Waals surface area contributed by atoms with Gasteiger partial charge in [-0.15, -0.1) is 0 Å². The van der Waals surface area contributed by atoms with Gasteiger partial charge in [0.25, 0.3) is 0 Å². The van der Waals surface area contributed by atoms with Crippen molar-refractivity contribution in [1.82, 2.24) is 19.4 Å². The standard InChI is InChI=1S/C31H18N4/c1-2-4-20-17(3-1)11-18-5-6-21-22-14-23-25(13-19(22)12-24(21)30(18)20)31-34-27-16-33-10-8-29(27)35(31)28-7-9-32-15-26(23)28/h1-10,13-16H,11-12H2. The Hall–Kier alpha value is -4.57. The first-order valence-electron chi connectivity index (χ1n) is 12.0. The zero-order chi connectivity index (χ0) is 22.7. The summed E-state index contributed by atoms with van der Waals surface area (Å²) in [6, 6.07) is 22.4. The molecule has 0 aliphatic heterocycles. The summed E-state index contributed by atoms with van der Waals surface area (Å²) in [5.41, 5.74) is 15.4. The highest BCUT2D eigenvalue weighted by atomic mass is 15.0. The van der Waals surface area contributed by atoms with E-state index < -0.39 is 0 Å². The summed E-state index contributed by atoms with van der Waals surface area (Å²) in [4.78, 5) is 13.9. The van der Waals surface area contributed by atoms with Crippen LogP contribution < -0.4 is 0 Å². The highest BCUT2D eigenvalue weighted by Gasteiger charge is 2.29. The van der Waals surface area contributed by atoms with E-state index in [0.29, 0.717) is 0 Å². The zero-order valence-electron chi connectivity index (χ0n) is 18.8. The van der Waals surface area contributed by atoms with Gasteiger partial charge in [-0.3, -0.25) is 14.4 Å². The number of hydrogen-bond acceptors (Lipinski definition) is 3. The minimum absolute atomic E-state index is 0.913. The molecule has 162 valence electrons. The maximum atomic E-state index is 5.04. The average Bonchev–Trinajstić information content (AvgIpc) is 3.58. The van der Waals surface area contributed by atoms with Crippen molar-refractivity contribution in [2.45, 2.75) is 12.8 Å². The van der Waals surface area contributed by atoms with Gasteiger partial charge in [0.1, 0.15) is 11.2 Å². The molecule has 0 radical (unpaired) electrons. The van der Waals surface area contributed by atoms with Crippen molar-refractivity contribution in [3.63, 3.8) is 0 Å². The number of rotatable bonds is 0. The van der Waals surface area contributed by atoms with Crippen LogP contribution in [0.1, 0.15) is 22.3 Å². The van der Waals surface area contributed by atoms with Crippen molar-refractivity contribution in [3.8, 4) is 22.3 Å². The van der Waals surface area contributed by atoms with Crippen LogP contribution in [0.15, 0.2) is 85.5 Å². The lowest BCUT2D eigenvalue weighted by Crippen LogP contribution is -1.93. The van der Waals surface area contributed by atoms with E-state index in [1.165, 1.54) is 55.3 Å². The Morgan fingerprint density at radius 3 is 2.49 bits per heavy atom. The predicted molar refractivity (Wildman–Crippen MR) is 140 cm³/mol. The minimum Gasteiger partial charge on any atom is -0.291 e. The topological polar surface area (TPSA) is 43.1 Å². The normalized spacial score (nSPS) is 13.5. The maximum Gasteiger partial charge on any atom is 0.146 e. The number of imidazole rings is 1. The van der Waals surface area contributed by atoms with E-state index in [4.69, 9.17) is 4.98 Å². The predicted octanol–water partition coefficient (Wildman–Crippen LogP) is 6.73. The average molecular weight is 447 g/mol. The Morgan fingerprint density at radius 2 is 1.51 bits per heavy atom. The van der Waals surface area contributed by atoms with E-state index in [1.807, 2.05) is 30.9 Å². The molecular weight excluding hydrogens is 428 g/mol. The second-order valence-electron chi connectivity index (χ2n) is 9.72. The lowest BCUT2D eigenvalue weighted by atomic mass is 9.95. The summed E-state index contributed by atoms with van der Waals surface area (Å²) in [5.74, 6) is 0. The Labute approximate surface area is 200 Å². The number of benzene rings is 3. The van der Waals surface area contributed by atoms with Gasteiger partial charge in [0.15, 0.2) is 0 Å². The van der Waals surface area contributed by atoms with Crippen LogP contribution in [0.25, 0.3) is 60.6 Å². The Balaban J connectivity index is 1.40. The van der Waals surface area contributed by atoms with Crippen LogP contribution in [0.5, 0.6) is 0 Å². The lowest BCUT2D eigenvalue weighted by molar-refractivity contribution is 1.23. The molecule has 0 fully saturated rings. The van der Waals surface area contributed by atoms with Gasteiger partial charge in [-0.05, 0) is 87.0 Å². The summed E-state index contributed by atoms with van der Waals surface area (Å²) in [6.45, 7) is 0. The first-order chi connectivity index (χ1) is 17.3. The van der Waals surface area contributed by atoms with Crippen molar-refractivity contribution in [2.24, 2.45) is 0 Å². The minimum atomic E-state index is 0.913. The molecule has 4 heteroatoms. The van der Waals surface area contributed by atoms with Crippen LogP contribution in [0.3, 0.4) is 0 Å². The Bertz CT molecular complexity index is 2070. The quantitative estimate of drug-likeness (QED) is 0.243. The van der Waals surface area contributed by atoms with Crippen LogP contribution in [0.2, 0.25) is 0 Å². The Morgan fingerprint density at radius 1 is 0.629 bits per heavy atom. The summed E-state index contributed by atoms with van der Waals surface area (Å²) in [5, 5.41) is 3.52. The van der Waals surface area contributed by atoms with Crippen molar-refractivity contribution >= 4 is 38.4 Å². The van der Waals surface area contributed by atoms with E-state index in [-0.39, 0.29) is 0 Å². The molecule has 0 unspecified atom stereocenters. The summed E-state index contributed by atoms with van der Waals surface area (Å²) in [6.07, 6.45) is 9.53. The molecule has 9 rings (SSSR count). The largest absolute Gasteiger partial charge is 0.291 e. The van der Waals surface area contributed by atoms with Gasteiger partial charge in [-0.25, -0.2) is 4.98 Å². The van der Waals surface area contributed by atoms with E-state index >= 15 is 0 Å². The second-order valence-corrected chi connectivity index (χ2v) is 9.72. The molecule has 4 heterocycles. The molecule has 35 heavy (non-hydrogen) atoms. The van der Waals surface area contributed by atoms with Gasteiger partial charge in [0.05, 0.1) is 17.2 Å². The SMILES string of the molecule is c1ccc2c(c1)Cc1ccc3c(c1-2)Cc1cc2c(cc1-3)c1cnccc1n1c3ccncc3nc21. The van der Waals surface area contributed by atoms with Crippen molar-refractivity contribution in [1.29, 1.82) is 0 Å². The highest BCUT2D eigenvalue weighted by Crippen LogP contribution is 2.49. The smallest absolute Gasteiger partial charge is 0.146 e. The van der Waals surface area contributed by atoms with Gasteiger partial charge >= 0.3 is 0 Å². The monoisotopic (exact) mass is 446 g/mol. The van der Waals surface area contributed by atoms with Crippen LogP contribution in [-0.2, 0) is 12.8 Å². The fourth-order valence-electron chi connectivity index (χ4n) is 6.52. The van der Waals surface area contributed by atoms with Crippen LogP contribution in [0, 0.1) is 0 Å². The summed E-state index contributed by atoms with van der Waals surface area (Å²) in [7, 11) is 0. The first-order valence-corrected chi connectivity index (χ1v) is 12.0. The van der Waals surface area contributed by atoms with Gasteiger partial charge in [-0.1, -0.05) is 36.4 Å². The summed E-state index contributed by atoms with van der Waals surface area (Å²) < 4.78 is 2.26. The fraction of sp³-hybridized carbons (Fsp3) is 0.0645. The number of aromatic nitrogens is 4. The van der Waals surface area contributed by atoms with Crippen LogP contribution in [-0.4, -0.2) is 19.4 Å². The van der Waals surface area contributed by atoms with Crippen LogP contribution >= 0.6 is 0 Å². The molecule has 4 aromatic heterocycles. The second kappa shape index (κ2) is 6.10. The zero-order valence-corrected chi connectivity index (χ0v) is 18.8. The molecule has 0 atom stereocenters. The van der Waals surface area contributed by atoms with E-state index in [9.17, 15) is 0 Å². The molecule has 4 nitrogen and oxygen atoms in total. The highest BCUT2D eigenvalue weighted by molar-refractivity contribution is 6.15. The number of nitrogens with zero attached hydrogens (tertiary/aromatic N) is 4. The third kappa shape index (κ3) is 2.15. The van der Waals surface area contributed by atoms with Crippen LogP contribution in [0.4, 0.5) is 0 Å². The number of pyridine rings is 3. The molecule has 0 N–H and O–H groups in total. The molecule has 0 spiro atoms. The molecule has 0 saturated heterocycles. The molecule has 3 aromatic carbocycles. The van der Waals surface area contributed by atoms with Gasteiger partial charge in [0, 0.05) is 29.4 Å². The van der Waals surface area contributed by atoms with E-state index in [1.54, 1.807) is 0 Å². The Kier molecular flexibility index (Phi) is 3.11. The number of hydrogen-bond donors (Lipinski definition) is 0. The summed E-state index contributed by atoms with van der Waals surface area (Å²) >= 11 is 0. The lowest BCUT2D eigenvalue weighted by Gasteiger charge is -2.11. The van der Waals surface area contributed by atoms with Gasteiger partial charge < -0.3 is 0 Å². The molecule has 0 saturated carbocycles. The third-order valence-corrected chi connectivity index (χ3v) is 7.99. The van der Waals surface area contributed by atoms with Crippen molar-refractivity contribution in [3.05, 3.63) is 108 Å². The van der Waals surface area contributed by atoms with Gasteiger partial charge in [-0.2, -0.15) is 0 Å². The van der Waals surface area contributed by atoms with E-state index in [0.717, 1.165) is 40.4 Å². The van der Waals surface area contributed by atoms with Gasteiger partial charge in [0.2, 0.25) is 0 Å². The van der Waals surface area contributed by atoms with E-state index in [2.05, 4.69) is 69.0 Å². The molecule has 7 aromatic rings. The molecule has 2 aliphatic carbocycles. The molecular formula is C31H18N4. The van der Waals surface area contributed by atoms with Crippen molar-refractivity contribution in [2.75, 3.05) is 0 Å². The number of fused-ring (bicyclic) bond motifs is 15. The van der Waals surface area contributed by atoms with Crippen molar-refractivity contribution < 1.29 is 0 Å². The molecule has 2 aliphatic rings. The first kappa shape index (κ1) is 17.8. The molecule has 0 bridgehead atoms. The molecule has 0 amide bonds. The third-order valence-electron chi connectivity index (χ3n) is 7.99. The fourth-order valence-corrected chi connectivity index (χ4v) is 6.52. The maximum absolute atomic E-state index is 5.04.